The Labute approximate surface area is 102 Å². The minimum Gasteiger partial charge on any atom is -0.383 e. The van der Waals surface area contributed by atoms with Gasteiger partial charge in [0.15, 0.2) is 0 Å². The van der Waals surface area contributed by atoms with Crippen molar-refractivity contribution in [2.45, 2.75) is 39.0 Å². The molecule has 0 saturated heterocycles. The Kier molecular flexibility index (Phi) is 3.77. The van der Waals surface area contributed by atoms with Crippen molar-refractivity contribution in [3.63, 3.8) is 0 Å². The SMILES string of the molecule is CCC1CCC(C(=O)Cc2cccnc2N)C1. The lowest BCUT2D eigenvalue weighted by Gasteiger charge is -2.10. The molecular formula is C14H20N2O. The maximum Gasteiger partial charge on any atom is 0.140 e. The number of hydrogen-bond acceptors (Lipinski definition) is 3. The molecule has 0 aromatic carbocycles. The number of carbonyl (C=O) groups is 1. The number of ketones is 1. The number of anilines is 1. The van der Waals surface area contributed by atoms with Crippen molar-refractivity contribution in [2.24, 2.45) is 11.8 Å². The predicted molar refractivity (Wildman–Crippen MR) is 68.5 cm³/mol. The molecule has 92 valence electrons. The van der Waals surface area contributed by atoms with Crippen LogP contribution in [0.3, 0.4) is 0 Å². The van der Waals surface area contributed by atoms with E-state index in [0.29, 0.717) is 18.0 Å². The van der Waals surface area contributed by atoms with Crippen LogP contribution < -0.4 is 5.73 Å². The molecule has 1 fully saturated rings. The summed E-state index contributed by atoms with van der Waals surface area (Å²) < 4.78 is 0. The van der Waals surface area contributed by atoms with Crippen molar-refractivity contribution in [1.29, 1.82) is 0 Å². The summed E-state index contributed by atoms with van der Waals surface area (Å²) >= 11 is 0. The van der Waals surface area contributed by atoms with Gasteiger partial charge in [0.05, 0.1) is 0 Å². The molecule has 3 nitrogen and oxygen atoms in total. The topological polar surface area (TPSA) is 56.0 Å². The Bertz CT molecular complexity index is 403. The maximum atomic E-state index is 12.1. The first-order valence-corrected chi connectivity index (χ1v) is 6.42. The molecular weight excluding hydrogens is 212 g/mol. The van der Waals surface area contributed by atoms with Crippen LogP contribution in [0.4, 0.5) is 5.82 Å². The van der Waals surface area contributed by atoms with E-state index in [1.807, 2.05) is 12.1 Å². The number of nitrogen functional groups attached to an aromatic ring is 1. The Balaban J connectivity index is 1.96. The molecule has 0 amide bonds. The van der Waals surface area contributed by atoms with Crippen LogP contribution in [0.5, 0.6) is 0 Å². The fraction of sp³-hybridized carbons (Fsp3) is 0.571. The van der Waals surface area contributed by atoms with E-state index in [1.54, 1.807) is 6.20 Å². The van der Waals surface area contributed by atoms with E-state index < -0.39 is 0 Å². The summed E-state index contributed by atoms with van der Waals surface area (Å²) in [5, 5.41) is 0. The first-order chi connectivity index (χ1) is 8.20. The summed E-state index contributed by atoms with van der Waals surface area (Å²) in [6.07, 6.45) is 6.62. The first-order valence-electron chi connectivity index (χ1n) is 6.42. The van der Waals surface area contributed by atoms with E-state index in [2.05, 4.69) is 11.9 Å². The first kappa shape index (κ1) is 12.1. The number of aromatic nitrogens is 1. The Morgan fingerprint density at radius 3 is 3.00 bits per heavy atom. The van der Waals surface area contributed by atoms with Gasteiger partial charge in [-0.05, 0) is 31.2 Å². The minimum atomic E-state index is 0.250. The van der Waals surface area contributed by atoms with E-state index >= 15 is 0 Å². The van der Waals surface area contributed by atoms with Crippen LogP contribution in [0, 0.1) is 11.8 Å². The van der Waals surface area contributed by atoms with E-state index in [0.717, 1.165) is 24.3 Å². The number of Topliss-reactive ketones (excluding diaryl/α,β-unsaturated/α-hetero) is 1. The van der Waals surface area contributed by atoms with Crippen LogP contribution in [-0.2, 0) is 11.2 Å². The molecule has 1 aliphatic carbocycles. The molecule has 2 unspecified atom stereocenters. The highest BCUT2D eigenvalue weighted by molar-refractivity contribution is 5.84. The average molecular weight is 232 g/mol. The third-order valence-electron chi connectivity index (χ3n) is 3.86. The Hall–Kier alpha value is -1.38. The molecule has 1 heterocycles. The molecule has 2 atom stereocenters. The summed E-state index contributed by atoms with van der Waals surface area (Å²) in [6.45, 7) is 2.20. The number of hydrogen-bond donors (Lipinski definition) is 1. The van der Waals surface area contributed by atoms with Gasteiger partial charge in [-0.2, -0.15) is 0 Å². The molecule has 1 aliphatic rings. The molecule has 0 bridgehead atoms. The number of nitrogens with two attached hydrogens (primary N) is 1. The maximum absolute atomic E-state index is 12.1. The van der Waals surface area contributed by atoms with Crippen molar-refractivity contribution >= 4 is 11.6 Å². The second-order valence-electron chi connectivity index (χ2n) is 4.98. The van der Waals surface area contributed by atoms with Gasteiger partial charge in [0.1, 0.15) is 11.6 Å². The van der Waals surface area contributed by atoms with Crippen molar-refractivity contribution in [3.05, 3.63) is 23.9 Å². The van der Waals surface area contributed by atoms with Gasteiger partial charge in [-0.25, -0.2) is 4.98 Å². The van der Waals surface area contributed by atoms with Gasteiger partial charge < -0.3 is 5.73 Å². The van der Waals surface area contributed by atoms with Gasteiger partial charge in [-0.15, -0.1) is 0 Å². The molecule has 2 N–H and O–H groups in total. The highest BCUT2D eigenvalue weighted by atomic mass is 16.1. The molecule has 0 spiro atoms. The highest BCUT2D eigenvalue weighted by Crippen LogP contribution is 2.34. The standard InChI is InChI=1S/C14H20N2O/c1-2-10-5-6-11(8-10)13(17)9-12-4-3-7-16-14(12)15/h3-4,7,10-11H,2,5-6,8-9H2,1H3,(H2,15,16). The molecule has 1 saturated carbocycles. The zero-order valence-corrected chi connectivity index (χ0v) is 10.4. The third-order valence-corrected chi connectivity index (χ3v) is 3.86. The number of pyridine rings is 1. The average Bonchev–Trinajstić information content (AvgIpc) is 2.81. The van der Waals surface area contributed by atoms with E-state index in [-0.39, 0.29) is 5.92 Å². The largest absolute Gasteiger partial charge is 0.383 e. The second kappa shape index (κ2) is 5.30. The zero-order valence-electron chi connectivity index (χ0n) is 10.4. The fourth-order valence-corrected chi connectivity index (χ4v) is 2.67. The van der Waals surface area contributed by atoms with Gasteiger partial charge in [0.2, 0.25) is 0 Å². The summed E-state index contributed by atoms with van der Waals surface area (Å²) in [7, 11) is 0. The lowest BCUT2D eigenvalue weighted by atomic mass is 9.95. The quantitative estimate of drug-likeness (QED) is 0.868. The van der Waals surface area contributed by atoms with Crippen LogP contribution in [-0.4, -0.2) is 10.8 Å². The van der Waals surface area contributed by atoms with E-state index in [4.69, 9.17) is 5.73 Å². The summed E-state index contributed by atoms with van der Waals surface area (Å²) in [4.78, 5) is 16.2. The van der Waals surface area contributed by atoms with Crippen molar-refractivity contribution in [2.75, 3.05) is 5.73 Å². The molecule has 17 heavy (non-hydrogen) atoms. The van der Waals surface area contributed by atoms with Gasteiger partial charge in [-0.1, -0.05) is 19.4 Å². The summed E-state index contributed by atoms with van der Waals surface area (Å²) in [5.41, 5.74) is 6.63. The van der Waals surface area contributed by atoms with Gasteiger partial charge >= 0.3 is 0 Å². The lowest BCUT2D eigenvalue weighted by Crippen LogP contribution is -2.15. The molecule has 3 heteroatoms. The van der Waals surface area contributed by atoms with E-state index in [1.165, 1.54) is 12.8 Å². The van der Waals surface area contributed by atoms with Crippen molar-refractivity contribution < 1.29 is 4.79 Å². The molecule has 0 aliphatic heterocycles. The number of nitrogens with zero attached hydrogens (tertiary/aromatic N) is 1. The van der Waals surface area contributed by atoms with Crippen molar-refractivity contribution in [1.82, 2.24) is 4.98 Å². The smallest absolute Gasteiger partial charge is 0.140 e. The normalized spacial score (nSPS) is 23.8. The van der Waals surface area contributed by atoms with Crippen LogP contribution in [0.2, 0.25) is 0 Å². The minimum absolute atomic E-state index is 0.250. The summed E-state index contributed by atoms with van der Waals surface area (Å²) in [6, 6.07) is 3.73. The van der Waals surface area contributed by atoms with Crippen LogP contribution in [0.1, 0.15) is 38.2 Å². The lowest BCUT2D eigenvalue weighted by molar-refractivity contribution is -0.122. The van der Waals surface area contributed by atoms with E-state index in [9.17, 15) is 4.79 Å². The van der Waals surface area contributed by atoms with Gasteiger partial charge in [-0.3, -0.25) is 4.79 Å². The predicted octanol–water partition coefficient (Wildman–Crippen LogP) is 2.60. The Morgan fingerprint density at radius 2 is 2.35 bits per heavy atom. The third kappa shape index (κ3) is 2.84. The number of carbonyl (C=O) groups excluding carboxylic acids is 1. The van der Waals surface area contributed by atoms with Crippen LogP contribution >= 0.6 is 0 Å². The van der Waals surface area contributed by atoms with Crippen LogP contribution in [0.15, 0.2) is 18.3 Å². The Morgan fingerprint density at radius 1 is 1.53 bits per heavy atom. The summed E-state index contributed by atoms with van der Waals surface area (Å²) in [5.74, 6) is 1.82. The zero-order chi connectivity index (χ0) is 12.3. The fourth-order valence-electron chi connectivity index (χ4n) is 2.67. The number of rotatable bonds is 4. The monoisotopic (exact) mass is 232 g/mol. The highest BCUT2D eigenvalue weighted by Gasteiger charge is 2.28. The second-order valence-corrected chi connectivity index (χ2v) is 4.98. The van der Waals surface area contributed by atoms with Crippen molar-refractivity contribution in [3.8, 4) is 0 Å². The molecule has 0 radical (unpaired) electrons. The molecule has 2 rings (SSSR count). The van der Waals surface area contributed by atoms with Gasteiger partial charge in [0.25, 0.3) is 0 Å². The molecule has 1 aromatic rings. The van der Waals surface area contributed by atoms with Gasteiger partial charge in [0, 0.05) is 24.1 Å². The van der Waals surface area contributed by atoms with Crippen LogP contribution in [0.25, 0.3) is 0 Å². The molecule has 1 aromatic heterocycles.